The second-order valence-corrected chi connectivity index (χ2v) is 11.6. The van der Waals surface area contributed by atoms with Crippen LogP contribution in [0.25, 0.3) is 0 Å². The average molecular weight is 591 g/mol. The van der Waals surface area contributed by atoms with Crippen LogP contribution in [0.4, 0.5) is 4.79 Å². The first-order chi connectivity index (χ1) is 17.4. The highest BCUT2D eigenvalue weighted by molar-refractivity contribution is 9.10. The predicted molar refractivity (Wildman–Crippen MR) is 139 cm³/mol. The van der Waals surface area contributed by atoms with E-state index in [-0.39, 0.29) is 24.5 Å². The number of alkyl carbamates (subject to hydrolysis) is 1. The molecule has 0 aliphatic rings. The maximum absolute atomic E-state index is 13.5. The number of hydrogen-bond acceptors (Lipinski definition) is 7. The highest BCUT2D eigenvalue weighted by Crippen LogP contribution is 2.22. The molecule has 1 amide bonds. The van der Waals surface area contributed by atoms with E-state index < -0.39 is 34.2 Å². The third-order valence-corrected chi connectivity index (χ3v) is 7.31. The number of halogens is 1. The number of rotatable bonds is 11. The van der Waals surface area contributed by atoms with Gasteiger partial charge in [-0.1, -0.05) is 40.2 Å². The number of benzene rings is 1. The van der Waals surface area contributed by atoms with Crippen molar-refractivity contribution >= 4 is 38.0 Å². The molecule has 0 atom stereocenters. The number of carboxylic acids is 1. The number of carboxylic acid groups (broad SMARTS) is 1. The molecule has 0 saturated carbocycles. The lowest BCUT2D eigenvalue weighted by molar-refractivity contribution is -0.136. The molecule has 196 valence electrons. The molecule has 2 aromatic heterocycles. The van der Waals surface area contributed by atoms with E-state index in [1.165, 1.54) is 16.6 Å². The van der Waals surface area contributed by atoms with Crippen molar-refractivity contribution < 1.29 is 27.9 Å². The minimum Gasteiger partial charge on any atom is -0.480 e. The van der Waals surface area contributed by atoms with Gasteiger partial charge in [-0.05, 0) is 55.8 Å². The fourth-order valence-electron chi connectivity index (χ4n) is 3.45. The summed E-state index contributed by atoms with van der Waals surface area (Å²) in [6, 6.07) is 17.3. The van der Waals surface area contributed by atoms with E-state index in [0.29, 0.717) is 11.4 Å². The van der Waals surface area contributed by atoms with Crippen molar-refractivity contribution in [3.8, 4) is 0 Å². The quantitative estimate of drug-likeness (QED) is 0.344. The highest BCUT2D eigenvalue weighted by Gasteiger charge is 2.28. The van der Waals surface area contributed by atoms with Gasteiger partial charge in [0.15, 0.2) is 5.03 Å². The number of aliphatic carboxylic acids is 1. The summed E-state index contributed by atoms with van der Waals surface area (Å²) in [7, 11) is -3.94. The smallest absolute Gasteiger partial charge is 0.408 e. The van der Waals surface area contributed by atoms with Crippen LogP contribution in [0.2, 0.25) is 0 Å². The zero-order valence-electron chi connectivity index (χ0n) is 20.3. The number of carbonyl (C=O) groups is 2. The maximum atomic E-state index is 13.5. The first-order valence-electron chi connectivity index (χ1n) is 11.2. The molecule has 12 heteroatoms. The van der Waals surface area contributed by atoms with E-state index in [9.17, 15) is 18.0 Å². The Morgan fingerprint density at radius 2 is 1.73 bits per heavy atom. The number of nitrogens with zero attached hydrogens (tertiary/aromatic N) is 3. The highest BCUT2D eigenvalue weighted by atomic mass is 79.9. The monoisotopic (exact) mass is 590 g/mol. The van der Waals surface area contributed by atoms with Gasteiger partial charge in [-0.25, -0.2) is 18.2 Å². The average Bonchev–Trinajstić information content (AvgIpc) is 2.84. The van der Waals surface area contributed by atoms with Crippen molar-refractivity contribution in [2.45, 2.75) is 44.0 Å². The summed E-state index contributed by atoms with van der Waals surface area (Å²) in [4.78, 5) is 31.2. The van der Waals surface area contributed by atoms with E-state index in [4.69, 9.17) is 9.84 Å². The van der Waals surface area contributed by atoms with Gasteiger partial charge in [-0.15, -0.1) is 0 Å². The van der Waals surface area contributed by atoms with Crippen molar-refractivity contribution in [3.05, 3.63) is 88.3 Å². The Kier molecular flexibility index (Phi) is 9.35. The van der Waals surface area contributed by atoms with Crippen molar-refractivity contribution in [3.63, 3.8) is 0 Å². The van der Waals surface area contributed by atoms with Crippen molar-refractivity contribution in [1.82, 2.24) is 19.6 Å². The maximum Gasteiger partial charge on any atom is 0.408 e. The Hall–Kier alpha value is -3.35. The molecule has 2 heterocycles. The fraction of sp³-hybridized carbons (Fsp3) is 0.280. The van der Waals surface area contributed by atoms with Gasteiger partial charge in [0.05, 0.1) is 12.2 Å². The summed E-state index contributed by atoms with van der Waals surface area (Å²) < 4.78 is 34.5. The van der Waals surface area contributed by atoms with Crippen LogP contribution < -0.4 is 5.32 Å². The molecule has 2 N–H and O–H groups in total. The number of sulfonamides is 1. The van der Waals surface area contributed by atoms with Gasteiger partial charge in [0.2, 0.25) is 0 Å². The van der Waals surface area contributed by atoms with E-state index in [2.05, 4.69) is 31.2 Å². The number of carbonyl (C=O) groups excluding carboxylic acids is 1. The standard InChI is InChI=1S/C25H27BrN4O6S/c1-25(2,36-24(33)28-15-23(31)32)14-20-6-5-7-21(29-20)17-30(16-18-9-11-19(26)12-10-18)37(34,35)22-8-3-4-13-27-22/h3-13H,14-17H2,1-2H3,(H,28,33)(H,31,32). The molecule has 10 nitrogen and oxygen atoms in total. The number of nitrogens with one attached hydrogen (secondary N) is 1. The SMILES string of the molecule is CC(C)(Cc1cccc(CN(Cc2ccc(Br)cc2)S(=O)(=O)c2ccccn2)n1)OC(=O)NCC(=O)O. The Morgan fingerprint density at radius 3 is 2.38 bits per heavy atom. The van der Waals surface area contributed by atoms with Crippen LogP contribution in [0.3, 0.4) is 0 Å². The van der Waals surface area contributed by atoms with Gasteiger partial charge < -0.3 is 15.2 Å². The Labute approximate surface area is 223 Å². The Balaban J connectivity index is 1.81. The van der Waals surface area contributed by atoms with E-state index in [1.54, 1.807) is 44.2 Å². The molecule has 0 saturated heterocycles. The van der Waals surface area contributed by atoms with Crippen molar-refractivity contribution in [2.24, 2.45) is 0 Å². The third kappa shape index (κ3) is 8.62. The fourth-order valence-corrected chi connectivity index (χ4v) is 5.05. The lowest BCUT2D eigenvalue weighted by atomic mass is 10.0. The minimum atomic E-state index is -3.94. The molecule has 0 bridgehead atoms. The largest absolute Gasteiger partial charge is 0.480 e. The molecule has 37 heavy (non-hydrogen) atoms. The van der Waals surface area contributed by atoms with Crippen LogP contribution in [0.15, 0.2) is 76.4 Å². The minimum absolute atomic E-state index is 0.0107. The summed E-state index contributed by atoms with van der Waals surface area (Å²) in [5, 5.41) is 10.8. The van der Waals surface area contributed by atoms with Gasteiger partial charge >= 0.3 is 12.1 Å². The zero-order valence-corrected chi connectivity index (χ0v) is 22.7. The van der Waals surface area contributed by atoms with E-state index in [0.717, 1.165) is 10.0 Å². The molecular weight excluding hydrogens is 564 g/mol. The normalized spacial score (nSPS) is 11.8. The zero-order chi connectivity index (χ0) is 27.1. The van der Waals surface area contributed by atoms with Crippen molar-refractivity contribution in [2.75, 3.05) is 6.54 Å². The van der Waals surface area contributed by atoms with Crippen LogP contribution in [0.5, 0.6) is 0 Å². The molecular formula is C25H27BrN4O6S. The summed E-state index contributed by atoms with van der Waals surface area (Å²) in [5.41, 5.74) is 0.874. The van der Waals surface area contributed by atoms with Gasteiger partial charge in [0, 0.05) is 29.3 Å². The molecule has 0 spiro atoms. The van der Waals surface area contributed by atoms with Crippen LogP contribution in [0, 0.1) is 0 Å². The summed E-state index contributed by atoms with van der Waals surface area (Å²) >= 11 is 3.39. The number of amides is 1. The molecule has 1 aromatic carbocycles. The molecule has 3 rings (SSSR count). The summed E-state index contributed by atoms with van der Waals surface area (Å²) in [5.74, 6) is -1.18. The molecule has 0 fully saturated rings. The third-order valence-electron chi connectivity index (χ3n) is 5.08. The van der Waals surface area contributed by atoms with Crippen LogP contribution in [-0.2, 0) is 39.1 Å². The summed E-state index contributed by atoms with van der Waals surface area (Å²) in [6.45, 7) is 2.89. The van der Waals surface area contributed by atoms with Crippen LogP contribution in [0.1, 0.15) is 30.8 Å². The molecule has 0 radical (unpaired) electrons. The molecule has 0 aliphatic carbocycles. The first kappa shape index (κ1) is 28.2. The molecule has 0 aliphatic heterocycles. The molecule has 3 aromatic rings. The van der Waals surface area contributed by atoms with Gasteiger partial charge in [0.25, 0.3) is 10.0 Å². The number of pyridine rings is 2. The number of ether oxygens (including phenoxy) is 1. The number of aromatic nitrogens is 2. The predicted octanol–water partition coefficient (Wildman–Crippen LogP) is 3.76. The summed E-state index contributed by atoms with van der Waals surface area (Å²) in [6.07, 6.45) is 0.796. The van der Waals surface area contributed by atoms with E-state index >= 15 is 0 Å². The Bertz CT molecular complexity index is 1330. The lowest BCUT2D eigenvalue weighted by Crippen LogP contribution is -2.38. The lowest BCUT2D eigenvalue weighted by Gasteiger charge is -2.25. The van der Waals surface area contributed by atoms with Gasteiger partial charge in [0.1, 0.15) is 12.1 Å². The Morgan fingerprint density at radius 1 is 1.03 bits per heavy atom. The van der Waals surface area contributed by atoms with Gasteiger partial charge in [-0.2, -0.15) is 4.31 Å². The second kappa shape index (κ2) is 12.3. The molecule has 0 unspecified atom stereocenters. The van der Waals surface area contributed by atoms with Crippen LogP contribution >= 0.6 is 15.9 Å². The van der Waals surface area contributed by atoms with Crippen molar-refractivity contribution in [1.29, 1.82) is 0 Å². The van der Waals surface area contributed by atoms with Gasteiger partial charge in [-0.3, -0.25) is 9.78 Å². The van der Waals surface area contributed by atoms with E-state index in [1.807, 2.05) is 24.3 Å². The topological polar surface area (TPSA) is 139 Å². The first-order valence-corrected chi connectivity index (χ1v) is 13.5. The number of hydrogen-bond donors (Lipinski definition) is 2. The van der Waals surface area contributed by atoms with Crippen LogP contribution in [-0.4, -0.2) is 52.0 Å². The second-order valence-electron chi connectivity index (χ2n) is 8.76.